The fraction of sp³-hybridized carbons (Fsp3) is 0.148. The predicted octanol–water partition coefficient (Wildman–Crippen LogP) is 5.38. The van der Waals surface area contributed by atoms with Crippen LogP contribution in [-0.2, 0) is 16.2 Å². The highest BCUT2D eigenvalue weighted by Gasteiger charge is 2.34. The van der Waals surface area contributed by atoms with Crippen molar-refractivity contribution in [3.05, 3.63) is 93.5 Å². The van der Waals surface area contributed by atoms with Crippen LogP contribution in [0.5, 0.6) is 11.5 Å². The van der Waals surface area contributed by atoms with Crippen LogP contribution < -0.4 is 19.7 Å². The van der Waals surface area contributed by atoms with Crippen molar-refractivity contribution in [2.75, 3.05) is 12.0 Å². The van der Waals surface area contributed by atoms with Gasteiger partial charge in [0.1, 0.15) is 12.2 Å². The van der Waals surface area contributed by atoms with E-state index in [9.17, 15) is 9.59 Å². The third-order valence-corrected chi connectivity index (χ3v) is 5.91. The summed E-state index contributed by atoms with van der Waals surface area (Å²) in [5, 5.41) is 2.88. The number of ether oxygens (including phenoxy) is 2. The van der Waals surface area contributed by atoms with Crippen LogP contribution in [0, 0.1) is 13.8 Å². The molecule has 0 bridgehead atoms. The average Bonchev–Trinajstić information content (AvgIpc) is 2.80. The van der Waals surface area contributed by atoms with Gasteiger partial charge in [0.15, 0.2) is 16.6 Å². The van der Waals surface area contributed by atoms with E-state index in [0.29, 0.717) is 34.4 Å². The number of thiocarbonyl (C=S) groups is 1. The first kappa shape index (κ1) is 24.4. The van der Waals surface area contributed by atoms with Crippen molar-refractivity contribution in [3.8, 4) is 11.5 Å². The summed E-state index contributed by atoms with van der Waals surface area (Å²) in [6.07, 6.45) is 1.46. The van der Waals surface area contributed by atoms with E-state index in [4.69, 9.17) is 33.3 Å². The zero-order valence-corrected chi connectivity index (χ0v) is 21.0. The van der Waals surface area contributed by atoms with Gasteiger partial charge in [-0.05, 0) is 67.5 Å². The molecule has 0 aliphatic carbocycles. The Bertz CT molecular complexity index is 1330. The zero-order chi connectivity index (χ0) is 25.1. The highest BCUT2D eigenvalue weighted by molar-refractivity contribution is 7.80. The topological polar surface area (TPSA) is 67.9 Å². The number of carbonyl (C=O) groups is 2. The molecule has 8 heteroatoms. The molecule has 35 heavy (non-hydrogen) atoms. The number of halogens is 1. The molecule has 1 N–H and O–H groups in total. The summed E-state index contributed by atoms with van der Waals surface area (Å²) in [6.45, 7) is 4.37. The van der Waals surface area contributed by atoms with Crippen LogP contribution in [0.1, 0.15) is 22.3 Å². The Kier molecular flexibility index (Phi) is 7.19. The summed E-state index contributed by atoms with van der Waals surface area (Å²) < 4.78 is 11.5. The van der Waals surface area contributed by atoms with Gasteiger partial charge in [0.2, 0.25) is 0 Å². The minimum absolute atomic E-state index is 0.0223. The monoisotopic (exact) mass is 506 g/mol. The van der Waals surface area contributed by atoms with Crippen molar-refractivity contribution in [2.24, 2.45) is 0 Å². The van der Waals surface area contributed by atoms with Crippen LogP contribution >= 0.6 is 23.8 Å². The lowest BCUT2D eigenvalue weighted by Crippen LogP contribution is -2.54. The number of carbonyl (C=O) groups excluding carboxylic acids is 2. The number of methoxy groups -OCH3 is 1. The van der Waals surface area contributed by atoms with Gasteiger partial charge in [-0.15, -0.1) is 0 Å². The minimum atomic E-state index is -0.586. The Morgan fingerprint density at radius 1 is 1.03 bits per heavy atom. The Balaban J connectivity index is 1.64. The highest BCUT2D eigenvalue weighted by atomic mass is 35.5. The first-order chi connectivity index (χ1) is 16.8. The van der Waals surface area contributed by atoms with E-state index in [-0.39, 0.29) is 10.7 Å². The molecule has 0 atom stereocenters. The molecule has 3 aromatic rings. The fourth-order valence-corrected chi connectivity index (χ4v) is 4.46. The maximum absolute atomic E-state index is 13.2. The van der Waals surface area contributed by atoms with Gasteiger partial charge >= 0.3 is 0 Å². The van der Waals surface area contributed by atoms with Crippen LogP contribution in [-0.4, -0.2) is 24.0 Å². The van der Waals surface area contributed by atoms with Crippen molar-refractivity contribution in [1.82, 2.24) is 5.32 Å². The number of para-hydroxylation sites is 1. The molecule has 1 heterocycles. The summed E-state index contributed by atoms with van der Waals surface area (Å²) >= 11 is 11.8. The fourth-order valence-electron chi connectivity index (χ4n) is 3.91. The predicted molar refractivity (Wildman–Crippen MR) is 141 cm³/mol. The Labute approximate surface area is 214 Å². The maximum atomic E-state index is 13.2. The van der Waals surface area contributed by atoms with Crippen LogP contribution in [0.3, 0.4) is 0 Å². The lowest BCUT2D eigenvalue weighted by molar-refractivity contribution is -0.122. The van der Waals surface area contributed by atoms with E-state index in [1.54, 1.807) is 36.4 Å². The number of amides is 2. The molecule has 4 rings (SSSR count). The lowest BCUT2D eigenvalue weighted by atomic mass is 10.1. The molecule has 1 aliphatic heterocycles. The van der Waals surface area contributed by atoms with Crippen molar-refractivity contribution >= 4 is 52.5 Å². The quantitative estimate of drug-likeness (QED) is 0.276. The summed E-state index contributed by atoms with van der Waals surface area (Å²) in [5.41, 5.74) is 4.27. The van der Waals surface area contributed by atoms with Crippen molar-refractivity contribution in [3.63, 3.8) is 0 Å². The lowest BCUT2D eigenvalue weighted by Gasteiger charge is -2.28. The molecule has 0 spiro atoms. The van der Waals surface area contributed by atoms with Crippen LogP contribution in [0.4, 0.5) is 5.69 Å². The van der Waals surface area contributed by atoms with Crippen LogP contribution in [0.2, 0.25) is 5.02 Å². The number of anilines is 1. The highest BCUT2D eigenvalue weighted by Crippen LogP contribution is 2.38. The van der Waals surface area contributed by atoms with E-state index < -0.39 is 11.8 Å². The molecule has 0 radical (unpaired) electrons. The number of nitrogens with zero attached hydrogens (tertiary/aromatic N) is 1. The van der Waals surface area contributed by atoms with Crippen molar-refractivity contribution in [2.45, 2.75) is 20.5 Å². The second kappa shape index (κ2) is 10.3. The standard InChI is InChI=1S/C27H23ClN2O4S/c1-16-9-17(2)11-19(10-16)15-34-24-22(28)13-18(14-23(24)33-3)12-21-25(31)29-27(35)30(26(21)32)20-7-5-4-6-8-20/h4-14H,15H2,1-3H3,(H,29,31,35)/b21-12-. The molecule has 0 unspecified atom stereocenters. The summed E-state index contributed by atoms with van der Waals surface area (Å²) in [7, 11) is 1.50. The zero-order valence-electron chi connectivity index (χ0n) is 19.4. The van der Waals surface area contributed by atoms with Gasteiger partial charge in [0, 0.05) is 0 Å². The molecule has 1 saturated heterocycles. The molecule has 1 fully saturated rings. The molecule has 178 valence electrons. The van der Waals surface area contributed by atoms with E-state index in [0.717, 1.165) is 16.7 Å². The average molecular weight is 507 g/mol. The van der Waals surface area contributed by atoms with Gasteiger partial charge in [-0.1, -0.05) is 59.1 Å². The van der Waals surface area contributed by atoms with E-state index in [1.807, 2.05) is 32.0 Å². The van der Waals surface area contributed by atoms with Crippen molar-refractivity contribution in [1.29, 1.82) is 0 Å². The van der Waals surface area contributed by atoms with E-state index in [2.05, 4.69) is 11.4 Å². The van der Waals surface area contributed by atoms with Crippen molar-refractivity contribution < 1.29 is 19.1 Å². The molecular weight excluding hydrogens is 484 g/mol. The second-order valence-electron chi connectivity index (χ2n) is 8.11. The normalized spacial score (nSPS) is 14.8. The number of benzene rings is 3. The number of nitrogens with one attached hydrogen (secondary N) is 1. The maximum Gasteiger partial charge on any atom is 0.270 e. The summed E-state index contributed by atoms with van der Waals surface area (Å²) in [5.74, 6) is -0.359. The first-order valence-electron chi connectivity index (χ1n) is 10.8. The van der Waals surface area contributed by atoms with Crippen LogP contribution in [0.15, 0.2) is 66.2 Å². The van der Waals surface area contributed by atoms with Crippen LogP contribution in [0.25, 0.3) is 6.08 Å². The van der Waals surface area contributed by atoms with Gasteiger partial charge in [-0.2, -0.15) is 0 Å². The first-order valence-corrected chi connectivity index (χ1v) is 11.6. The van der Waals surface area contributed by atoms with E-state index >= 15 is 0 Å². The molecule has 1 aliphatic rings. The number of hydrogen-bond donors (Lipinski definition) is 1. The number of hydrogen-bond acceptors (Lipinski definition) is 5. The third-order valence-electron chi connectivity index (χ3n) is 5.34. The smallest absolute Gasteiger partial charge is 0.270 e. The van der Waals surface area contributed by atoms with Gasteiger partial charge in [0.25, 0.3) is 11.8 Å². The number of aryl methyl sites for hydroxylation is 2. The third kappa shape index (κ3) is 5.37. The van der Waals surface area contributed by atoms with E-state index in [1.165, 1.54) is 18.1 Å². The van der Waals surface area contributed by atoms with Gasteiger partial charge in [-0.3, -0.25) is 19.8 Å². The van der Waals surface area contributed by atoms with Gasteiger partial charge < -0.3 is 9.47 Å². The molecule has 0 saturated carbocycles. The Morgan fingerprint density at radius 3 is 2.37 bits per heavy atom. The second-order valence-corrected chi connectivity index (χ2v) is 8.91. The van der Waals surface area contributed by atoms with Gasteiger partial charge in [-0.25, -0.2) is 0 Å². The summed E-state index contributed by atoms with van der Waals surface area (Å²) in [6, 6.07) is 18.3. The molecule has 3 aromatic carbocycles. The van der Waals surface area contributed by atoms with Gasteiger partial charge in [0.05, 0.1) is 17.8 Å². The molecule has 0 aromatic heterocycles. The number of rotatable bonds is 6. The molecule has 2 amide bonds. The SMILES string of the molecule is COc1cc(/C=C2/C(=O)NC(=S)N(c3ccccc3)C2=O)cc(Cl)c1OCc1cc(C)cc(C)c1. The Morgan fingerprint density at radius 2 is 1.71 bits per heavy atom. The molecular formula is C27H23ClN2O4S. The summed E-state index contributed by atoms with van der Waals surface area (Å²) in [4.78, 5) is 27.1. The Hall–Kier alpha value is -3.68. The largest absolute Gasteiger partial charge is 0.493 e. The molecule has 6 nitrogen and oxygen atoms in total. The minimum Gasteiger partial charge on any atom is -0.493 e.